The van der Waals surface area contributed by atoms with Crippen LogP contribution in [0.5, 0.6) is 5.75 Å². The summed E-state index contributed by atoms with van der Waals surface area (Å²) in [7, 11) is 0. The zero-order chi connectivity index (χ0) is 22.2. The van der Waals surface area contributed by atoms with Crippen molar-refractivity contribution in [3.8, 4) is 5.75 Å². The second kappa shape index (κ2) is 11.1. The maximum absolute atomic E-state index is 13.3. The SMILES string of the molecule is O=C(O)C[C@H](C(=O)Nc1ccc(F)c(Cl)c1)N1CCN(CCOc2ccccc2)CC1. The van der Waals surface area contributed by atoms with Crippen LogP contribution in [-0.2, 0) is 9.59 Å². The predicted octanol–water partition coefficient (Wildman–Crippen LogP) is 2.96. The minimum Gasteiger partial charge on any atom is -0.492 e. The number of carboxylic acids is 1. The van der Waals surface area contributed by atoms with Crippen LogP contribution in [0.4, 0.5) is 10.1 Å². The van der Waals surface area contributed by atoms with Crippen LogP contribution in [0, 0.1) is 5.82 Å². The van der Waals surface area contributed by atoms with Crippen molar-refractivity contribution in [1.29, 1.82) is 0 Å². The summed E-state index contributed by atoms with van der Waals surface area (Å²) in [6.07, 6.45) is -0.322. The molecule has 1 fully saturated rings. The van der Waals surface area contributed by atoms with Gasteiger partial charge in [0.2, 0.25) is 5.91 Å². The van der Waals surface area contributed by atoms with Crippen LogP contribution < -0.4 is 10.1 Å². The Morgan fingerprint density at radius 3 is 2.48 bits per heavy atom. The minimum absolute atomic E-state index is 0.112. The number of para-hydroxylation sites is 1. The van der Waals surface area contributed by atoms with E-state index < -0.39 is 23.7 Å². The van der Waals surface area contributed by atoms with Crippen molar-refractivity contribution in [2.45, 2.75) is 12.5 Å². The fourth-order valence-electron chi connectivity index (χ4n) is 3.46. The van der Waals surface area contributed by atoms with Gasteiger partial charge in [0.05, 0.1) is 11.4 Å². The van der Waals surface area contributed by atoms with Crippen LogP contribution in [0.15, 0.2) is 48.5 Å². The van der Waals surface area contributed by atoms with Gasteiger partial charge in [0.25, 0.3) is 0 Å². The number of nitrogens with one attached hydrogen (secondary N) is 1. The van der Waals surface area contributed by atoms with E-state index in [0.29, 0.717) is 38.5 Å². The Balaban J connectivity index is 1.52. The van der Waals surface area contributed by atoms with Gasteiger partial charge < -0.3 is 15.2 Å². The molecular weight excluding hydrogens is 425 g/mol. The summed E-state index contributed by atoms with van der Waals surface area (Å²) < 4.78 is 19.1. The fourth-order valence-corrected chi connectivity index (χ4v) is 3.64. The maximum atomic E-state index is 13.3. The van der Waals surface area contributed by atoms with E-state index in [2.05, 4.69) is 10.2 Å². The summed E-state index contributed by atoms with van der Waals surface area (Å²) in [6, 6.07) is 12.6. The molecule has 2 N–H and O–H groups in total. The molecule has 0 saturated carbocycles. The highest BCUT2D eigenvalue weighted by molar-refractivity contribution is 6.31. The Bertz CT molecular complexity index is 892. The van der Waals surface area contributed by atoms with Gasteiger partial charge in [0.1, 0.15) is 24.2 Å². The topological polar surface area (TPSA) is 82.1 Å². The lowest BCUT2D eigenvalue weighted by Crippen LogP contribution is -2.54. The molecule has 0 unspecified atom stereocenters. The van der Waals surface area contributed by atoms with Gasteiger partial charge in [-0.1, -0.05) is 29.8 Å². The molecule has 9 heteroatoms. The molecule has 1 aliphatic heterocycles. The standard InChI is InChI=1S/C22H25ClFN3O4/c23-18-14-16(6-7-19(18)24)25-22(30)20(15-21(28)29)27-10-8-26(9-11-27)12-13-31-17-4-2-1-3-5-17/h1-7,14,20H,8-13,15H2,(H,25,30)(H,28,29)/t20-/m1/s1. The first-order valence-electron chi connectivity index (χ1n) is 10.0. The average molecular weight is 450 g/mol. The third-order valence-corrected chi connectivity index (χ3v) is 5.41. The summed E-state index contributed by atoms with van der Waals surface area (Å²) in [5, 5.41) is 11.8. The average Bonchev–Trinajstić information content (AvgIpc) is 2.76. The Hall–Kier alpha value is -2.68. The normalized spacial score (nSPS) is 15.9. The van der Waals surface area contributed by atoms with Gasteiger partial charge in [0, 0.05) is 38.4 Å². The first kappa shape index (κ1) is 23.0. The predicted molar refractivity (Wildman–Crippen MR) is 116 cm³/mol. The van der Waals surface area contributed by atoms with Crippen LogP contribution in [0.3, 0.4) is 0 Å². The molecule has 3 rings (SSSR count). The smallest absolute Gasteiger partial charge is 0.305 e. The molecular formula is C22H25ClFN3O4. The van der Waals surface area contributed by atoms with E-state index in [-0.39, 0.29) is 11.4 Å². The van der Waals surface area contributed by atoms with Crippen LogP contribution in [0.25, 0.3) is 0 Å². The number of anilines is 1. The van der Waals surface area contributed by atoms with Crippen LogP contribution in [0.2, 0.25) is 5.02 Å². The molecule has 0 spiro atoms. The Labute approximate surface area is 185 Å². The molecule has 1 aliphatic rings. The summed E-state index contributed by atoms with van der Waals surface area (Å²) in [5.41, 5.74) is 0.323. The van der Waals surface area contributed by atoms with Gasteiger partial charge in [-0.15, -0.1) is 0 Å². The quantitative estimate of drug-likeness (QED) is 0.612. The Kier molecular flexibility index (Phi) is 8.22. The number of carbonyl (C=O) groups excluding carboxylic acids is 1. The van der Waals surface area contributed by atoms with E-state index in [0.717, 1.165) is 18.4 Å². The second-order valence-electron chi connectivity index (χ2n) is 7.27. The van der Waals surface area contributed by atoms with Crippen molar-refractivity contribution in [3.63, 3.8) is 0 Å². The zero-order valence-corrected chi connectivity index (χ0v) is 17.7. The summed E-state index contributed by atoms with van der Waals surface area (Å²) in [4.78, 5) is 28.2. The number of piperazine rings is 1. The lowest BCUT2D eigenvalue weighted by Gasteiger charge is -2.38. The summed E-state index contributed by atoms with van der Waals surface area (Å²) in [6.45, 7) is 3.80. The number of rotatable bonds is 9. The molecule has 2 aromatic carbocycles. The van der Waals surface area contributed by atoms with Crippen molar-refractivity contribution in [1.82, 2.24) is 9.80 Å². The molecule has 0 aliphatic carbocycles. The molecule has 2 aromatic rings. The van der Waals surface area contributed by atoms with Crippen LogP contribution in [0.1, 0.15) is 6.42 Å². The molecule has 1 amide bonds. The van der Waals surface area contributed by atoms with E-state index in [4.69, 9.17) is 16.3 Å². The first-order chi connectivity index (χ1) is 14.9. The highest BCUT2D eigenvalue weighted by Crippen LogP contribution is 2.20. The highest BCUT2D eigenvalue weighted by Gasteiger charge is 2.31. The lowest BCUT2D eigenvalue weighted by molar-refractivity contribution is -0.141. The van der Waals surface area contributed by atoms with E-state index in [1.54, 1.807) is 0 Å². The molecule has 1 heterocycles. The first-order valence-corrected chi connectivity index (χ1v) is 10.4. The number of hydrogen-bond donors (Lipinski definition) is 2. The zero-order valence-electron chi connectivity index (χ0n) is 17.0. The maximum Gasteiger partial charge on any atom is 0.305 e. The molecule has 31 heavy (non-hydrogen) atoms. The van der Waals surface area contributed by atoms with E-state index in [9.17, 15) is 19.1 Å². The van der Waals surface area contributed by atoms with Crippen LogP contribution in [-0.4, -0.2) is 72.2 Å². The summed E-state index contributed by atoms with van der Waals surface area (Å²) in [5.74, 6) is -1.28. The third kappa shape index (κ3) is 6.92. The van der Waals surface area contributed by atoms with Gasteiger partial charge in [0.15, 0.2) is 0 Å². The molecule has 1 saturated heterocycles. The molecule has 7 nitrogen and oxygen atoms in total. The number of carbonyl (C=O) groups is 2. The Morgan fingerprint density at radius 1 is 1.13 bits per heavy atom. The van der Waals surface area contributed by atoms with Crippen molar-refractivity contribution in [2.75, 3.05) is 44.6 Å². The van der Waals surface area contributed by atoms with Crippen molar-refractivity contribution >= 4 is 29.2 Å². The summed E-state index contributed by atoms with van der Waals surface area (Å²) >= 11 is 5.76. The highest BCUT2D eigenvalue weighted by atomic mass is 35.5. The number of carboxylic acid groups (broad SMARTS) is 1. The number of benzene rings is 2. The van der Waals surface area contributed by atoms with Gasteiger partial charge in [-0.2, -0.15) is 0 Å². The van der Waals surface area contributed by atoms with E-state index >= 15 is 0 Å². The van der Waals surface area contributed by atoms with Gasteiger partial charge in [-0.3, -0.25) is 19.4 Å². The van der Waals surface area contributed by atoms with E-state index in [1.807, 2.05) is 35.2 Å². The molecule has 166 valence electrons. The van der Waals surface area contributed by atoms with Gasteiger partial charge in [-0.05, 0) is 30.3 Å². The number of nitrogens with zero attached hydrogens (tertiary/aromatic N) is 2. The van der Waals surface area contributed by atoms with Gasteiger partial charge in [-0.25, -0.2) is 4.39 Å². The molecule has 1 atom stereocenters. The van der Waals surface area contributed by atoms with E-state index in [1.165, 1.54) is 12.1 Å². The second-order valence-corrected chi connectivity index (χ2v) is 7.68. The largest absolute Gasteiger partial charge is 0.492 e. The van der Waals surface area contributed by atoms with Crippen molar-refractivity contribution in [3.05, 3.63) is 59.4 Å². The number of aliphatic carboxylic acids is 1. The number of amides is 1. The van der Waals surface area contributed by atoms with Crippen molar-refractivity contribution in [2.24, 2.45) is 0 Å². The third-order valence-electron chi connectivity index (χ3n) is 5.12. The lowest BCUT2D eigenvalue weighted by atomic mass is 10.1. The van der Waals surface area contributed by atoms with Crippen molar-refractivity contribution < 1.29 is 23.8 Å². The number of halogens is 2. The van der Waals surface area contributed by atoms with Crippen LogP contribution >= 0.6 is 11.6 Å². The fraction of sp³-hybridized carbons (Fsp3) is 0.364. The Morgan fingerprint density at radius 2 is 1.84 bits per heavy atom. The minimum atomic E-state index is -1.06. The van der Waals surface area contributed by atoms with Gasteiger partial charge >= 0.3 is 5.97 Å². The molecule has 0 radical (unpaired) electrons. The number of ether oxygens (including phenoxy) is 1. The molecule has 0 aromatic heterocycles. The molecule has 0 bridgehead atoms. The number of hydrogen-bond acceptors (Lipinski definition) is 5. The monoisotopic (exact) mass is 449 g/mol.